The summed E-state index contributed by atoms with van der Waals surface area (Å²) in [4.78, 5) is 12.4. The van der Waals surface area contributed by atoms with E-state index in [9.17, 15) is 18.0 Å². The molecule has 12 heteroatoms. The summed E-state index contributed by atoms with van der Waals surface area (Å²) in [6, 6.07) is 16.2. The number of aryl methyl sites for hydroxylation is 1. The highest BCUT2D eigenvalue weighted by atomic mass is 19.4. The van der Waals surface area contributed by atoms with Crippen LogP contribution < -0.4 is 5.32 Å². The number of carbonyl (C=O) groups is 1. The first-order valence-corrected chi connectivity index (χ1v) is 9.11. The lowest BCUT2D eigenvalue weighted by molar-refractivity contribution is -0.222. The van der Waals surface area contributed by atoms with Crippen molar-refractivity contribution in [3.8, 4) is 23.1 Å². The number of carbonyl (C=O) groups excluding carboxylic acids is 1. The summed E-state index contributed by atoms with van der Waals surface area (Å²) >= 11 is 0. The molecule has 4 aromatic rings. The Morgan fingerprint density at radius 3 is 2.50 bits per heavy atom. The predicted molar refractivity (Wildman–Crippen MR) is 106 cm³/mol. The summed E-state index contributed by atoms with van der Waals surface area (Å²) in [5, 5.41) is 25.8. The van der Waals surface area contributed by atoms with Crippen LogP contribution in [-0.2, 0) is 6.30 Å². The number of nitrogens with zero attached hydrogens (tertiary/aromatic N) is 7. The van der Waals surface area contributed by atoms with Crippen LogP contribution in [0, 0.1) is 18.3 Å². The third-order valence-electron chi connectivity index (χ3n) is 4.33. The first-order valence-electron chi connectivity index (χ1n) is 9.11. The van der Waals surface area contributed by atoms with Gasteiger partial charge in [-0.05, 0) is 60.7 Å². The number of halogens is 3. The second kappa shape index (κ2) is 7.95. The Kier molecular flexibility index (Phi) is 5.15. The number of hydrogen-bond acceptors (Lipinski definition) is 6. The van der Waals surface area contributed by atoms with E-state index in [0.717, 1.165) is 0 Å². The van der Waals surface area contributed by atoms with Gasteiger partial charge in [-0.3, -0.25) is 4.79 Å². The lowest BCUT2D eigenvalue weighted by Gasteiger charge is -2.09. The van der Waals surface area contributed by atoms with E-state index in [0.29, 0.717) is 28.2 Å². The van der Waals surface area contributed by atoms with Crippen LogP contribution in [0.3, 0.4) is 0 Å². The molecule has 0 spiro atoms. The minimum Gasteiger partial charge on any atom is -0.321 e. The Morgan fingerprint density at radius 2 is 1.84 bits per heavy atom. The second-order valence-electron chi connectivity index (χ2n) is 6.65. The Hall–Kier alpha value is -4.53. The van der Waals surface area contributed by atoms with Crippen LogP contribution in [0.15, 0.2) is 54.6 Å². The summed E-state index contributed by atoms with van der Waals surface area (Å²) in [5.74, 6) is -0.659. The Labute approximate surface area is 178 Å². The van der Waals surface area contributed by atoms with E-state index in [1.165, 1.54) is 28.9 Å². The number of tetrazole rings is 1. The number of rotatable bonds is 4. The molecule has 2 aromatic carbocycles. The molecule has 0 fully saturated rings. The van der Waals surface area contributed by atoms with E-state index in [1.807, 2.05) is 6.07 Å². The summed E-state index contributed by atoms with van der Waals surface area (Å²) in [6.07, 6.45) is -4.76. The second-order valence-corrected chi connectivity index (χ2v) is 6.65. The molecule has 4 rings (SSSR count). The fourth-order valence-corrected chi connectivity index (χ4v) is 2.90. The summed E-state index contributed by atoms with van der Waals surface area (Å²) < 4.78 is 39.3. The van der Waals surface area contributed by atoms with Gasteiger partial charge in [0.05, 0.1) is 23.0 Å². The molecule has 1 N–H and O–H groups in total. The maximum absolute atomic E-state index is 12.8. The molecule has 160 valence electrons. The average molecular weight is 438 g/mol. The molecule has 0 aliphatic carbocycles. The van der Waals surface area contributed by atoms with Crippen LogP contribution in [0.1, 0.15) is 21.7 Å². The number of aromatic nitrogens is 6. The molecule has 0 unspecified atom stereocenters. The lowest BCUT2D eigenvalue weighted by atomic mass is 10.2. The minimum absolute atomic E-state index is 0.203. The fraction of sp³-hybridized carbons (Fsp3) is 0.100. The van der Waals surface area contributed by atoms with Gasteiger partial charge < -0.3 is 5.32 Å². The third-order valence-corrected chi connectivity index (χ3v) is 4.33. The number of amides is 1. The zero-order valence-corrected chi connectivity index (χ0v) is 16.4. The minimum atomic E-state index is -4.76. The fourth-order valence-electron chi connectivity index (χ4n) is 2.90. The van der Waals surface area contributed by atoms with Gasteiger partial charge in [0.1, 0.15) is 5.69 Å². The number of hydrogen-bond donors (Lipinski definition) is 1. The molecule has 32 heavy (non-hydrogen) atoms. The highest BCUT2D eigenvalue weighted by molar-refractivity contribution is 6.03. The van der Waals surface area contributed by atoms with E-state index >= 15 is 0 Å². The quantitative estimate of drug-likeness (QED) is 0.522. The molecule has 2 aromatic heterocycles. The van der Waals surface area contributed by atoms with Crippen LogP contribution in [0.2, 0.25) is 0 Å². The molecule has 2 heterocycles. The number of nitriles is 1. The van der Waals surface area contributed by atoms with E-state index in [4.69, 9.17) is 5.26 Å². The van der Waals surface area contributed by atoms with E-state index in [1.54, 1.807) is 37.3 Å². The van der Waals surface area contributed by atoms with Crippen molar-refractivity contribution in [3.05, 3.63) is 71.5 Å². The normalized spacial score (nSPS) is 11.2. The highest BCUT2D eigenvalue weighted by Crippen LogP contribution is 2.23. The molecule has 0 bridgehead atoms. The van der Waals surface area contributed by atoms with Gasteiger partial charge in [-0.1, -0.05) is 10.9 Å². The molecule has 0 aliphatic heterocycles. The highest BCUT2D eigenvalue weighted by Gasteiger charge is 2.34. The van der Waals surface area contributed by atoms with Crippen LogP contribution in [0.5, 0.6) is 0 Å². The number of nitrogens with one attached hydrogen (secondary N) is 1. The number of alkyl halides is 3. The van der Waals surface area contributed by atoms with Crippen molar-refractivity contribution in [3.63, 3.8) is 0 Å². The van der Waals surface area contributed by atoms with Crippen molar-refractivity contribution in [1.29, 1.82) is 5.26 Å². The number of anilines is 1. The third kappa shape index (κ3) is 4.17. The lowest BCUT2D eigenvalue weighted by Crippen LogP contribution is -2.19. The van der Waals surface area contributed by atoms with Crippen molar-refractivity contribution >= 4 is 11.6 Å². The van der Waals surface area contributed by atoms with Crippen LogP contribution in [-0.4, -0.2) is 35.9 Å². The van der Waals surface area contributed by atoms with E-state index in [2.05, 4.69) is 25.8 Å². The van der Waals surface area contributed by atoms with Crippen LogP contribution >= 0.6 is 0 Å². The molecule has 0 saturated carbocycles. The largest absolute Gasteiger partial charge is 0.522 e. The summed E-state index contributed by atoms with van der Waals surface area (Å²) in [7, 11) is 0. The topological polar surface area (TPSA) is 114 Å². The van der Waals surface area contributed by atoms with Crippen LogP contribution in [0.4, 0.5) is 18.9 Å². The maximum atomic E-state index is 12.8. The van der Waals surface area contributed by atoms with Crippen molar-refractivity contribution < 1.29 is 18.0 Å². The molecule has 1 amide bonds. The van der Waals surface area contributed by atoms with E-state index < -0.39 is 17.0 Å². The van der Waals surface area contributed by atoms with Crippen molar-refractivity contribution in [2.75, 3.05) is 5.32 Å². The van der Waals surface area contributed by atoms with Gasteiger partial charge in [0.15, 0.2) is 0 Å². The SMILES string of the molecule is Cc1cc(C(=O)Nc2ccc(-c3nnn(C(F)(F)F)n3)cc2)n(-c2cccc(C#N)c2)n1. The van der Waals surface area contributed by atoms with Gasteiger partial charge in [-0.15, -0.1) is 23.4 Å². The van der Waals surface area contributed by atoms with E-state index in [-0.39, 0.29) is 11.5 Å². The Bertz CT molecular complexity index is 1330. The molecular weight excluding hydrogens is 425 g/mol. The molecule has 0 saturated heterocycles. The Morgan fingerprint density at radius 1 is 1.09 bits per heavy atom. The van der Waals surface area contributed by atoms with Crippen LogP contribution in [0.25, 0.3) is 17.1 Å². The summed E-state index contributed by atoms with van der Waals surface area (Å²) in [5.41, 5.74) is 2.53. The van der Waals surface area contributed by atoms with Gasteiger partial charge in [-0.25, -0.2) is 4.68 Å². The molecule has 0 atom stereocenters. The summed E-state index contributed by atoms with van der Waals surface area (Å²) in [6.45, 7) is 1.73. The van der Waals surface area contributed by atoms with Gasteiger partial charge in [0, 0.05) is 11.3 Å². The number of benzene rings is 2. The first kappa shape index (κ1) is 20.7. The van der Waals surface area contributed by atoms with Gasteiger partial charge in [-0.2, -0.15) is 10.4 Å². The molecule has 0 aliphatic rings. The van der Waals surface area contributed by atoms with Gasteiger partial charge >= 0.3 is 6.30 Å². The van der Waals surface area contributed by atoms with Crippen molar-refractivity contribution in [1.82, 2.24) is 30.0 Å². The zero-order valence-electron chi connectivity index (χ0n) is 16.4. The zero-order chi connectivity index (χ0) is 22.9. The Balaban J connectivity index is 1.55. The molecular formula is C20H13F3N8O. The smallest absolute Gasteiger partial charge is 0.321 e. The molecule has 0 radical (unpaired) electrons. The first-order chi connectivity index (χ1) is 15.2. The van der Waals surface area contributed by atoms with Crippen molar-refractivity contribution in [2.45, 2.75) is 13.2 Å². The van der Waals surface area contributed by atoms with Crippen molar-refractivity contribution in [2.24, 2.45) is 0 Å². The van der Waals surface area contributed by atoms with Gasteiger partial charge in [0.2, 0.25) is 5.82 Å². The van der Waals surface area contributed by atoms with Gasteiger partial charge in [0.25, 0.3) is 5.91 Å². The molecule has 9 nitrogen and oxygen atoms in total. The standard InChI is InChI=1S/C20H13F3N8O/c1-12-9-17(30(27-12)16-4-2-3-13(10-16)11-24)19(32)25-15-7-5-14(6-8-15)18-26-29-31(28-18)20(21,22)23/h2-10H,1H3,(H,25,32). The monoisotopic (exact) mass is 438 g/mol. The predicted octanol–water partition coefficient (Wildman–Crippen LogP) is 3.43. The maximum Gasteiger partial charge on any atom is 0.522 e. The average Bonchev–Trinajstić information content (AvgIpc) is 3.41.